The van der Waals surface area contributed by atoms with Crippen LogP contribution in [0.25, 0.3) is 0 Å². The minimum Gasteiger partial charge on any atom is -0.468 e. The van der Waals surface area contributed by atoms with Gasteiger partial charge in [-0.2, -0.15) is 0 Å². The van der Waals surface area contributed by atoms with E-state index in [1.165, 1.54) is 13.2 Å². The molecular formula is C16H15F2NO2. The highest BCUT2D eigenvalue weighted by atomic mass is 19.1. The number of rotatable bonds is 5. The van der Waals surface area contributed by atoms with Crippen LogP contribution in [-0.4, -0.2) is 13.1 Å². The maximum atomic E-state index is 13.8. The predicted octanol–water partition coefficient (Wildman–Crippen LogP) is 2.97. The molecule has 0 aliphatic rings. The molecule has 5 heteroatoms. The van der Waals surface area contributed by atoms with Crippen molar-refractivity contribution >= 4 is 5.97 Å². The molecule has 0 radical (unpaired) electrons. The van der Waals surface area contributed by atoms with Crippen molar-refractivity contribution < 1.29 is 18.3 Å². The number of carbonyl (C=O) groups excluding carboxylic acids is 1. The Bertz CT molecular complexity index is 617. The summed E-state index contributed by atoms with van der Waals surface area (Å²) in [6.07, 6.45) is 0. The van der Waals surface area contributed by atoms with Crippen molar-refractivity contribution in [2.75, 3.05) is 7.11 Å². The number of halogens is 2. The van der Waals surface area contributed by atoms with Crippen LogP contribution in [0.5, 0.6) is 0 Å². The fourth-order valence-electron chi connectivity index (χ4n) is 1.99. The molecule has 0 saturated carbocycles. The first-order chi connectivity index (χ1) is 10.1. The Morgan fingerprint density at radius 1 is 1.19 bits per heavy atom. The number of esters is 1. The molecule has 110 valence electrons. The topological polar surface area (TPSA) is 38.3 Å². The fourth-order valence-corrected chi connectivity index (χ4v) is 1.99. The van der Waals surface area contributed by atoms with Crippen molar-refractivity contribution in [2.45, 2.75) is 12.6 Å². The van der Waals surface area contributed by atoms with E-state index in [0.29, 0.717) is 6.54 Å². The highest BCUT2D eigenvalue weighted by Gasteiger charge is 2.24. The van der Waals surface area contributed by atoms with Crippen molar-refractivity contribution in [3.63, 3.8) is 0 Å². The Kier molecular flexibility index (Phi) is 5.00. The van der Waals surface area contributed by atoms with Gasteiger partial charge in [-0.05, 0) is 11.6 Å². The average Bonchev–Trinajstić information content (AvgIpc) is 2.50. The van der Waals surface area contributed by atoms with E-state index >= 15 is 0 Å². The van der Waals surface area contributed by atoms with Crippen LogP contribution in [0.4, 0.5) is 8.78 Å². The highest BCUT2D eigenvalue weighted by molar-refractivity contribution is 5.77. The van der Waals surface area contributed by atoms with Crippen molar-refractivity contribution in [3.05, 3.63) is 71.3 Å². The van der Waals surface area contributed by atoms with Gasteiger partial charge in [-0.25, -0.2) is 13.6 Å². The second kappa shape index (κ2) is 6.95. The molecule has 3 nitrogen and oxygen atoms in total. The van der Waals surface area contributed by atoms with Crippen LogP contribution in [0.3, 0.4) is 0 Å². The van der Waals surface area contributed by atoms with E-state index in [9.17, 15) is 13.6 Å². The number of ether oxygens (including phenoxy) is 1. The van der Waals surface area contributed by atoms with Crippen molar-refractivity contribution in [1.82, 2.24) is 5.32 Å². The molecular weight excluding hydrogens is 276 g/mol. The number of benzene rings is 2. The third-order valence-corrected chi connectivity index (χ3v) is 3.06. The highest BCUT2D eigenvalue weighted by Crippen LogP contribution is 2.20. The minimum absolute atomic E-state index is 0.0548. The lowest BCUT2D eigenvalue weighted by atomic mass is 10.1. The van der Waals surface area contributed by atoms with Gasteiger partial charge in [0.15, 0.2) is 0 Å². The maximum Gasteiger partial charge on any atom is 0.327 e. The summed E-state index contributed by atoms with van der Waals surface area (Å²) >= 11 is 0. The lowest BCUT2D eigenvalue weighted by Gasteiger charge is -2.17. The number of methoxy groups -OCH3 is 1. The van der Waals surface area contributed by atoms with Crippen LogP contribution in [0.2, 0.25) is 0 Å². The molecule has 0 bridgehead atoms. The summed E-state index contributed by atoms with van der Waals surface area (Å²) in [7, 11) is 1.22. The average molecular weight is 291 g/mol. The summed E-state index contributed by atoms with van der Waals surface area (Å²) in [6, 6.07) is 11.5. The van der Waals surface area contributed by atoms with Crippen LogP contribution in [-0.2, 0) is 16.1 Å². The number of carbonyl (C=O) groups is 1. The van der Waals surface area contributed by atoms with Gasteiger partial charge in [-0.3, -0.25) is 5.32 Å². The van der Waals surface area contributed by atoms with Crippen LogP contribution >= 0.6 is 0 Å². The van der Waals surface area contributed by atoms with Crippen molar-refractivity contribution in [2.24, 2.45) is 0 Å². The van der Waals surface area contributed by atoms with Gasteiger partial charge in [0.2, 0.25) is 0 Å². The molecule has 2 aromatic rings. The first kappa shape index (κ1) is 15.1. The Hall–Kier alpha value is -2.27. The first-order valence-electron chi connectivity index (χ1n) is 6.42. The van der Waals surface area contributed by atoms with Gasteiger partial charge in [-0.1, -0.05) is 36.4 Å². The lowest BCUT2D eigenvalue weighted by Crippen LogP contribution is -2.30. The Morgan fingerprint density at radius 3 is 2.52 bits per heavy atom. The molecule has 0 saturated heterocycles. The summed E-state index contributed by atoms with van der Waals surface area (Å²) in [6.45, 7) is 0.359. The van der Waals surface area contributed by atoms with E-state index in [2.05, 4.69) is 10.1 Å². The number of nitrogens with one attached hydrogen (secondary N) is 1. The molecule has 1 N–H and O–H groups in total. The Labute approximate surface area is 121 Å². The number of hydrogen-bond acceptors (Lipinski definition) is 3. The number of hydrogen-bond donors (Lipinski definition) is 1. The molecule has 0 aliphatic heterocycles. The second-order valence-electron chi connectivity index (χ2n) is 4.49. The molecule has 0 aliphatic carbocycles. The largest absolute Gasteiger partial charge is 0.468 e. The quantitative estimate of drug-likeness (QED) is 0.861. The second-order valence-corrected chi connectivity index (χ2v) is 4.49. The van der Waals surface area contributed by atoms with E-state index < -0.39 is 23.6 Å². The van der Waals surface area contributed by atoms with Crippen molar-refractivity contribution in [3.8, 4) is 0 Å². The van der Waals surface area contributed by atoms with Crippen molar-refractivity contribution in [1.29, 1.82) is 0 Å². The van der Waals surface area contributed by atoms with E-state index in [0.717, 1.165) is 17.7 Å². The summed E-state index contributed by atoms with van der Waals surface area (Å²) in [4.78, 5) is 11.8. The molecule has 2 aromatic carbocycles. The normalized spacial score (nSPS) is 12.0. The molecule has 2 rings (SSSR count). The van der Waals surface area contributed by atoms with Gasteiger partial charge in [0.25, 0.3) is 0 Å². The van der Waals surface area contributed by atoms with Crippen LogP contribution < -0.4 is 5.32 Å². The molecule has 21 heavy (non-hydrogen) atoms. The van der Waals surface area contributed by atoms with E-state index in [-0.39, 0.29) is 5.56 Å². The smallest absolute Gasteiger partial charge is 0.327 e. The Balaban J connectivity index is 2.20. The lowest BCUT2D eigenvalue weighted by molar-refractivity contribution is -0.143. The molecule has 0 fully saturated rings. The molecule has 0 amide bonds. The molecule has 0 aromatic heterocycles. The van der Waals surface area contributed by atoms with Crippen LogP contribution in [0, 0.1) is 11.6 Å². The summed E-state index contributed by atoms with van der Waals surface area (Å²) in [5, 5.41) is 2.93. The van der Waals surface area contributed by atoms with Crippen LogP contribution in [0.15, 0.2) is 48.5 Å². The first-order valence-corrected chi connectivity index (χ1v) is 6.42. The monoisotopic (exact) mass is 291 g/mol. The molecule has 1 atom stereocenters. The van der Waals surface area contributed by atoms with Gasteiger partial charge in [0.1, 0.15) is 17.7 Å². The summed E-state index contributed by atoms with van der Waals surface area (Å²) in [5.41, 5.74) is 0.994. The van der Waals surface area contributed by atoms with Gasteiger partial charge in [-0.15, -0.1) is 0 Å². The van der Waals surface area contributed by atoms with Gasteiger partial charge >= 0.3 is 5.97 Å². The Morgan fingerprint density at radius 2 is 1.90 bits per heavy atom. The predicted molar refractivity (Wildman–Crippen MR) is 74.4 cm³/mol. The SMILES string of the molecule is COC(=O)C(NCc1ccccc1)c1ccc(F)cc1F. The van der Waals surface area contributed by atoms with Gasteiger partial charge < -0.3 is 4.74 Å². The van der Waals surface area contributed by atoms with E-state index in [4.69, 9.17) is 0 Å². The fraction of sp³-hybridized carbons (Fsp3) is 0.188. The maximum absolute atomic E-state index is 13.8. The molecule has 0 heterocycles. The van der Waals surface area contributed by atoms with Gasteiger partial charge in [0.05, 0.1) is 7.11 Å². The third kappa shape index (κ3) is 3.86. The molecule has 0 spiro atoms. The zero-order chi connectivity index (χ0) is 15.2. The third-order valence-electron chi connectivity index (χ3n) is 3.06. The van der Waals surface area contributed by atoms with Crippen LogP contribution in [0.1, 0.15) is 17.2 Å². The summed E-state index contributed by atoms with van der Waals surface area (Å²) in [5.74, 6) is -2.11. The minimum atomic E-state index is -0.990. The van der Waals surface area contributed by atoms with Gasteiger partial charge in [0, 0.05) is 18.2 Å². The summed E-state index contributed by atoms with van der Waals surface area (Å²) < 4.78 is 31.5. The zero-order valence-electron chi connectivity index (χ0n) is 11.5. The van der Waals surface area contributed by atoms with E-state index in [1.807, 2.05) is 30.3 Å². The standard InChI is InChI=1S/C16H15F2NO2/c1-21-16(20)15(13-8-7-12(17)9-14(13)18)19-10-11-5-3-2-4-6-11/h2-9,15,19H,10H2,1H3. The zero-order valence-corrected chi connectivity index (χ0v) is 11.5. The van der Waals surface area contributed by atoms with E-state index in [1.54, 1.807) is 0 Å². The molecule has 1 unspecified atom stereocenters.